The van der Waals surface area contributed by atoms with Gasteiger partial charge in [-0.05, 0) is 13.8 Å². The van der Waals surface area contributed by atoms with Gasteiger partial charge in [0.05, 0.1) is 5.69 Å². The summed E-state index contributed by atoms with van der Waals surface area (Å²) in [4.78, 5) is 19.3. The van der Waals surface area contributed by atoms with Crippen molar-refractivity contribution < 1.29 is 4.79 Å². The van der Waals surface area contributed by atoms with Gasteiger partial charge in [0.25, 0.3) is 0 Å². The number of fused-ring (bicyclic) bond motifs is 1. The first-order chi connectivity index (χ1) is 8.24. The van der Waals surface area contributed by atoms with Gasteiger partial charge in [0.2, 0.25) is 0 Å². The molecule has 2 N–H and O–H groups in total. The molecule has 6 heteroatoms. The van der Waals surface area contributed by atoms with Gasteiger partial charge in [-0.15, -0.1) is 11.3 Å². The fraction of sp³-hybridized carbons (Fsp3) is 0.636. The molecule has 2 amide bonds. The van der Waals surface area contributed by atoms with E-state index in [1.165, 1.54) is 4.88 Å². The predicted molar refractivity (Wildman–Crippen MR) is 69.5 cm³/mol. The minimum Gasteiger partial charge on any atom is -0.325 e. The van der Waals surface area contributed by atoms with Gasteiger partial charge >= 0.3 is 6.03 Å². The van der Waals surface area contributed by atoms with Crippen molar-refractivity contribution in [2.45, 2.75) is 26.8 Å². The number of thiazole rings is 1. The molecule has 0 saturated carbocycles. The van der Waals surface area contributed by atoms with Crippen molar-refractivity contribution in [1.82, 2.24) is 15.2 Å². The maximum absolute atomic E-state index is 11.9. The van der Waals surface area contributed by atoms with Crippen LogP contribution in [0.1, 0.15) is 24.4 Å². The fourth-order valence-corrected chi connectivity index (χ4v) is 2.83. The Kier molecular flexibility index (Phi) is 3.96. The number of hydrogen-bond donors (Lipinski definition) is 2. The maximum atomic E-state index is 11.9. The van der Waals surface area contributed by atoms with Crippen LogP contribution in [0.2, 0.25) is 0 Å². The minimum atomic E-state index is -0.0611. The second-order valence-electron chi connectivity index (χ2n) is 3.92. The number of carbonyl (C=O) groups is 1. The zero-order chi connectivity index (χ0) is 12.3. The van der Waals surface area contributed by atoms with Gasteiger partial charge in [-0.25, -0.2) is 9.78 Å². The Labute approximate surface area is 105 Å². The summed E-state index contributed by atoms with van der Waals surface area (Å²) in [5.74, 6) is 0. The Morgan fingerprint density at radius 2 is 2.29 bits per heavy atom. The zero-order valence-corrected chi connectivity index (χ0v) is 11.1. The fourth-order valence-electron chi connectivity index (χ4n) is 1.86. The first-order valence-corrected chi connectivity index (χ1v) is 6.81. The minimum absolute atomic E-state index is 0.0611. The first-order valence-electron chi connectivity index (χ1n) is 5.99. The lowest BCUT2D eigenvalue weighted by Gasteiger charge is -2.17. The monoisotopic (exact) mass is 254 g/mol. The summed E-state index contributed by atoms with van der Waals surface area (Å²) in [6, 6.07) is -0.0611. The number of rotatable bonds is 3. The molecule has 0 radical (unpaired) electrons. The topological polar surface area (TPSA) is 57.3 Å². The van der Waals surface area contributed by atoms with Crippen LogP contribution in [0, 0.1) is 0 Å². The quantitative estimate of drug-likeness (QED) is 0.862. The molecule has 1 aliphatic rings. The molecular formula is C11H18N4OS. The summed E-state index contributed by atoms with van der Waals surface area (Å²) in [5, 5.41) is 6.89. The third-order valence-electron chi connectivity index (χ3n) is 2.87. The summed E-state index contributed by atoms with van der Waals surface area (Å²) in [5.41, 5.74) is 1.13. The molecule has 2 heterocycles. The summed E-state index contributed by atoms with van der Waals surface area (Å²) in [6.45, 7) is 7.22. The van der Waals surface area contributed by atoms with Crippen molar-refractivity contribution in [3.8, 4) is 0 Å². The van der Waals surface area contributed by atoms with E-state index in [9.17, 15) is 4.79 Å². The highest BCUT2D eigenvalue weighted by Crippen LogP contribution is 2.25. The smallest absolute Gasteiger partial charge is 0.323 e. The van der Waals surface area contributed by atoms with Gasteiger partial charge < -0.3 is 10.2 Å². The first kappa shape index (κ1) is 12.3. The number of nitrogens with one attached hydrogen (secondary N) is 2. The zero-order valence-electron chi connectivity index (χ0n) is 10.2. The highest BCUT2D eigenvalue weighted by atomic mass is 32.1. The van der Waals surface area contributed by atoms with Crippen molar-refractivity contribution in [2.75, 3.05) is 25.0 Å². The summed E-state index contributed by atoms with van der Waals surface area (Å²) < 4.78 is 0. The molecule has 94 valence electrons. The number of carbonyl (C=O) groups excluding carboxylic acids is 1. The van der Waals surface area contributed by atoms with Gasteiger partial charge in [0.1, 0.15) is 0 Å². The Morgan fingerprint density at radius 3 is 2.94 bits per heavy atom. The van der Waals surface area contributed by atoms with Gasteiger partial charge in [-0.1, -0.05) is 0 Å². The third kappa shape index (κ3) is 2.76. The van der Waals surface area contributed by atoms with Crippen LogP contribution in [-0.4, -0.2) is 35.5 Å². The van der Waals surface area contributed by atoms with E-state index in [1.54, 1.807) is 16.2 Å². The highest BCUT2D eigenvalue weighted by molar-refractivity contribution is 7.15. The number of hydrogen-bond acceptors (Lipinski definition) is 4. The molecule has 1 aromatic heterocycles. The summed E-state index contributed by atoms with van der Waals surface area (Å²) >= 11 is 1.57. The molecule has 5 nitrogen and oxygen atoms in total. The second-order valence-corrected chi connectivity index (χ2v) is 5.00. The number of aromatic nitrogens is 1. The average molecular weight is 254 g/mol. The lowest BCUT2D eigenvalue weighted by Crippen LogP contribution is -2.34. The molecule has 0 unspecified atom stereocenters. The molecule has 1 aromatic rings. The van der Waals surface area contributed by atoms with E-state index in [-0.39, 0.29) is 6.03 Å². The van der Waals surface area contributed by atoms with Crippen LogP contribution in [0.15, 0.2) is 0 Å². The molecule has 0 saturated heterocycles. The Balaban J connectivity index is 2.03. The number of amides is 2. The SMILES string of the molecule is CCN(CC)C(=O)Nc1nc2c(s1)CNCC2. The van der Waals surface area contributed by atoms with Crippen molar-refractivity contribution in [3.63, 3.8) is 0 Å². The van der Waals surface area contributed by atoms with Gasteiger partial charge in [0.15, 0.2) is 5.13 Å². The van der Waals surface area contributed by atoms with E-state index >= 15 is 0 Å². The predicted octanol–water partition coefficient (Wildman–Crippen LogP) is 1.66. The van der Waals surface area contributed by atoms with Crippen LogP contribution in [0.25, 0.3) is 0 Å². The maximum Gasteiger partial charge on any atom is 0.323 e. The van der Waals surface area contributed by atoms with Crippen molar-refractivity contribution >= 4 is 22.5 Å². The summed E-state index contributed by atoms with van der Waals surface area (Å²) in [7, 11) is 0. The summed E-state index contributed by atoms with van der Waals surface area (Å²) in [6.07, 6.45) is 0.951. The number of urea groups is 1. The molecule has 0 aliphatic carbocycles. The molecule has 17 heavy (non-hydrogen) atoms. The highest BCUT2D eigenvalue weighted by Gasteiger charge is 2.17. The van der Waals surface area contributed by atoms with Crippen molar-refractivity contribution in [1.29, 1.82) is 0 Å². The molecule has 0 bridgehead atoms. The van der Waals surface area contributed by atoms with Crippen LogP contribution in [0.3, 0.4) is 0 Å². The van der Waals surface area contributed by atoms with Gasteiger partial charge in [0, 0.05) is 37.5 Å². The van der Waals surface area contributed by atoms with E-state index in [0.29, 0.717) is 0 Å². The van der Waals surface area contributed by atoms with Crippen LogP contribution >= 0.6 is 11.3 Å². The Morgan fingerprint density at radius 1 is 1.53 bits per heavy atom. The molecule has 1 aliphatic heterocycles. The van der Waals surface area contributed by atoms with Crippen molar-refractivity contribution in [3.05, 3.63) is 10.6 Å². The molecule has 2 rings (SSSR count). The number of nitrogens with zero attached hydrogens (tertiary/aromatic N) is 2. The van der Waals surface area contributed by atoms with Gasteiger partial charge in [-0.3, -0.25) is 5.32 Å². The van der Waals surface area contributed by atoms with E-state index in [0.717, 1.165) is 43.4 Å². The van der Waals surface area contributed by atoms with E-state index < -0.39 is 0 Å². The lowest BCUT2D eigenvalue weighted by atomic mass is 10.2. The largest absolute Gasteiger partial charge is 0.325 e. The number of anilines is 1. The average Bonchev–Trinajstić information content (AvgIpc) is 2.72. The Hall–Kier alpha value is -1.14. The van der Waals surface area contributed by atoms with E-state index in [2.05, 4.69) is 15.6 Å². The standard InChI is InChI=1S/C11H18N4OS/c1-3-15(4-2)11(16)14-10-13-8-5-6-12-7-9(8)17-10/h12H,3-7H2,1-2H3,(H,13,14,16). The van der Waals surface area contributed by atoms with E-state index in [4.69, 9.17) is 0 Å². The molecule has 0 spiro atoms. The third-order valence-corrected chi connectivity index (χ3v) is 3.88. The van der Waals surface area contributed by atoms with E-state index in [1.807, 2.05) is 13.8 Å². The van der Waals surface area contributed by atoms with Crippen LogP contribution in [0.4, 0.5) is 9.93 Å². The molecule has 0 aromatic carbocycles. The molecule has 0 fully saturated rings. The van der Waals surface area contributed by atoms with Gasteiger partial charge in [-0.2, -0.15) is 0 Å². The van der Waals surface area contributed by atoms with Crippen LogP contribution in [-0.2, 0) is 13.0 Å². The molecule has 0 atom stereocenters. The second kappa shape index (κ2) is 5.46. The van der Waals surface area contributed by atoms with Crippen molar-refractivity contribution in [2.24, 2.45) is 0 Å². The normalized spacial score (nSPS) is 14.2. The van der Waals surface area contributed by atoms with Crippen LogP contribution in [0.5, 0.6) is 0 Å². The van der Waals surface area contributed by atoms with Crippen LogP contribution < -0.4 is 10.6 Å². The lowest BCUT2D eigenvalue weighted by molar-refractivity contribution is 0.217. The Bertz CT molecular complexity index is 377. The molecular weight excluding hydrogens is 236 g/mol.